The quantitative estimate of drug-likeness (QED) is 0.202. The first-order valence-electron chi connectivity index (χ1n) is 15.6. The van der Waals surface area contributed by atoms with Crippen molar-refractivity contribution in [2.24, 2.45) is 0 Å². The third kappa shape index (κ3) is 6.57. The minimum atomic E-state index is 0.761. The number of hydrogen-bond donors (Lipinski definition) is 1. The SMILES string of the molecule is C=Cc1ccc(C[NH+]=C2C=CC(=C(c3ccc(N(CC)CC)cc3)c3ccc(N(CC)CC)cc3)c3ccccc32)cc1. The van der Waals surface area contributed by atoms with Crippen LogP contribution in [0.2, 0.25) is 0 Å². The van der Waals surface area contributed by atoms with E-state index in [0.717, 1.165) is 44.0 Å². The van der Waals surface area contributed by atoms with Gasteiger partial charge < -0.3 is 9.80 Å². The number of nitrogens with one attached hydrogen (secondary N) is 1. The summed E-state index contributed by atoms with van der Waals surface area (Å²) in [4.78, 5) is 8.49. The van der Waals surface area contributed by atoms with Crippen molar-refractivity contribution in [3.05, 3.63) is 149 Å². The summed E-state index contributed by atoms with van der Waals surface area (Å²) >= 11 is 0. The Kier molecular flexibility index (Phi) is 9.73. The second-order valence-electron chi connectivity index (χ2n) is 10.8. The molecule has 218 valence electrons. The fourth-order valence-corrected chi connectivity index (χ4v) is 5.97. The van der Waals surface area contributed by atoms with E-state index in [1.807, 2.05) is 6.08 Å². The highest BCUT2D eigenvalue weighted by molar-refractivity contribution is 6.17. The molecule has 0 fully saturated rings. The lowest BCUT2D eigenvalue weighted by Crippen LogP contribution is -2.71. The summed E-state index contributed by atoms with van der Waals surface area (Å²) in [5, 5.41) is 0. The average Bonchev–Trinajstić information content (AvgIpc) is 3.07. The summed E-state index contributed by atoms with van der Waals surface area (Å²) in [6.45, 7) is 17.5. The average molecular weight is 567 g/mol. The van der Waals surface area contributed by atoms with E-state index in [1.54, 1.807) is 0 Å². The maximum atomic E-state index is 3.87. The maximum Gasteiger partial charge on any atom is 0.206 e. The van der Waals surface area contributed by atoms with Gasteiger partial charge in [-0.25, -0.2) is 4.99 Å². The van der Waals surface area contributed by atoms with Gasteiger partial charge in [-0.05, 0) is 97.5 Å². The van der Waals surface area contributed by atoms with Gasteiger partial charge in [-0.1, -0.05) is 79.4 Å². The van der Waals surface area contributed by atoms with Crippen LogP contribution in [-0.2, 0) is 6.54 Å². The van der Waals surface area contributed by atoms with Gasteiger partial charge in [0, 0.05) is 49.2 Å². The molecule has 0 aliphatic heterocycles. The largest absolute Gasteiger partial charge is 0.372 e. The minimum absolute atomic E-state index is 0.761. The number of allylic oxidation sites excluding steroid dienone is 3. The Morgan fingerprint density at radius 2 is 1.14 bits per heavy atom. The third-order valence-corrected chi connectivity index (χ3v) is 8.46. The lowest BCUT2D eigenvalue weighted by Gasteiger charge is -2.24. The van der Waals surface area contributed by atoms with Gasteiger partial charge in [0.1, 0.15) is 0 Å². The fraction of sp³-hybridized carbons (Fsp3) is 0.225. The summed E-state index contributed by atoms with van der Waals surface area (Å²) in [5.74, 6) is 0. The first-order valence-corrected chi connectivity index (χ1v) is 15.6. The number of nitrogens with zero attached hydrogens (tertiary/aromatic N) is 2. The van der Waals surface area contributed by atoms with Crippen molar-refractivity contribution in [1.29, 1.82) is 0 Å². The molecule has 0 atom stereocenters. The lowest BCUT2D eigenvalue weighted by atomic mass is 9.83. The van der Waals surface area contributed by atoms with Crippen LogP contribution < -0.4 is 14.8 Å². The van der Waals surface area contributed by atoms with E-state index in [2.05, 4.69) is 158 Å². The number of fused-ring (bicyclic) bond motifs is 1. The van der Waals surface area contributed by atoms with Crippen LogP contribution in [0.1, 0.15) is 61.1 Å². The van der Waals surface area contributed by atoms with E-state index in [-0.39, 0.29) is 0 Å². The van der Waals surface area contributed by atoms with Crippen molar-refractivity contribution >= 4 is 34.3 Å². The molecule has 0 aromatic heterocycles. The molecule has 5 rings (SSSR count). The molecule has 43 heavy (non-hydrogen) atoms. The summed E-state index contributed by atoms with van der Waals surface area (Å²) < 4.78 is 0. The van der Waals surface area contributed by atoms with E-state index in [0.29, 0.717) is 0 Å². The molecule has 0 saturated heterocycles. The molecule has 3 nitrogen and oxygen atoms in total. The smallest absolute Gasteiger partial charge is 0.206 e. The summed E-state index contributed by atoms with van der Waals surface area (Å²) in [7, 11) is 0. The van der Waals surface area contributed by atoms with E-state index in [9.17, 15) is 0 Å². The number of hydrogen-bond acceptors (Lipinski definition) is 2. The highest BCUT2D eigenvalue weighted by Crippen LogP contribution is 2.37. The number of rotatable bonds is 11. The highest BCUT2D eigenvalue weighted by atomic mass is 15.1. The molecule has 4 aromatic rings. The topological polar surface area (TPSA) is 20.5 Å². The predicted molar refractivity (Wildman–Crippen MR) is 187 cm³/mol. The Morgan fingerprint density at radius 3 is 1.63 bits per heavy atom. The Labute approximate surface area is 258 Å². The Bertz CT molecular complexity index is 1560. The number of anilines is 2. The molecule has 0 radical (unpaired) electrons. The van der Waals surface area contributed by atoms with Crippen molar-refractivity contribution in [1.82, 2.24) is 0 Å². The highest BCUT2D eigenvalue weighted by Gasteiger charge is 2.23. The molecular formula is C40H44N3+. The van der Waals surface area contributed by atoms with Gasteiger partial charge in [0.2, 0.25) is 5.71 Å². The molecule has 0 amide bonds. The number of benzene rings is 4. The van der Waals surface area contributed by atoms with Crippen molar-refractivity contribution in [2.45, 2.75) is 34.2 Å². The monoisotopic (exact) mass is 566 g/mol. The summed E-state index contributed by atoms with van der Waals surface area (Å²) in [5.41, 5.74) is 13.4. The van der Waals surface area contributed by atoms with Crippen LogP contribution >= 0.6 is 0 Å². The Morgan fingerprint density at radius 1 is 0.628 bits per heavy atom. The van der Waals surface area contributed by atoms with Crippen molar-refractivity contribution < 1.29 is 4.99 Å². The van der Waals surface area contributed by atoms with Gasteiger partial charge in [0.25, 0.3) is 0 Å². The zero-order valence-electron chi connectivity index (χ0n) is 26.1. The van der Waals surface area contributed by atoms with Gasteiger partial charge in [-0.15, -0.1) is 0 Å². The fourth-order valence-electron chi connectivity index (χ4n) is 5.97. The molecule has 0 bridgehead atoms. The summed E-state index contributed by atoms with van der Waals surface area (Å²) in [6, 6.07) is 35.5. The second-order valence-corrected chi connectivity index (χ2v) is 10.8. The Balaban J connectivity index is 1.61. The second kappa shape index (κ2) is 14.0. The molecule has 0 saturated carbocycles. The summed E-state index contributed by atoms with van der Waals surface area (Å²) in [6.07, 6.45) is 6.41. The third-order valence-electron chi connectivity index (χ3n) is 8.46. The van der Waals surface area contributed by atoms with Crippen molar-refractivity contribution in [3.8, 4) is 0 Å². The molecule has 1 N–H and O–H groups in total. The van der Waals surface area contributed by atoms with Crippen LogP contribution in [0.4, 0.5) is 11.4 Å². The van der Waals surface area contributed by atoms with Gasteiger partial charge in [-0.2, -0.15) is 0 Å². The zero-order valence-corrected chi connectivity index (χ0v) is 26.1. The van der Waals surface area contributed by atoms with Crippen molar-refractivity contribution in [3.63, 3.8) is 0 Å². The molecule has 1 aliphatic carbocycles. The lowest BCUT2D eigenvalue weighted by molar-refractivity contribution is -0.473. The van der Waals surface area contributed by atoms with Gasteiger partial charge in [-0.3, -0.25) is 0 Å². The van der Waals surface area contributed by atoms with Crippen LogP contribution in [-0.4, -0.2) is 31.9 Å². The molecule has 4 aromatic carbocycles. The van der Waals surface area contributed by atoms with E-state index in [4.69, 9.17) is 0 Å². The van der Waals surface area contributed by atoms with Crippen LogP contribution in [0.3, 0.4) is 0 Å². The molecule has 3 heteroatoms. The van der Waals surface area contributed by atoms with Crippen LogP contribution in [0, 0.1) is 0 Å². The molecule has 1 aliphatic rings. The van der Waals surface area contributed by atoms with Crippen LogP contribution in [0.15, 0.2) is 116 Å². The normalized spacial score (nSPS) is 13.1. The van der Waals surface area contributed by atoms with Crippen molar-refractivity contribution in [2.75, 3.05) is 36.0 Å². The minimum Gasteiger partial charge on any atom is -0.372 e. The Hall–Kier alpha value is -4.63. The van der Waals surface area contributed by atoms with Gasteiger partial charge in [0.05, 0.1) is 5.56 Å². The first kappa shape index (κ1) is 29.8. The standard InChI is InChI=1S/C40H43N3/c1-6-30-15-17-31(18-16-30)29-41-39-28-27-38(36-13-11-12-14-37(36)39)40(32-19-23-34(24-20-32)42(7-2)8-3)33-21-25-35(26-22-33)43(9-4)10-5/h6,11-28H,1,7-10,29H2,2-5H3/p+1. The van der Waals surface area contributed by atoms with Gasteiger partial charge >= 0.3 is 0 Å². The molecule has 0 unspecified atom stereocenters. The molecular weight excluding hydrogens is 522 g/mol. The van der Waals surface area contributed by atoms with Crippen LogP contribution in [0.25, 0.3) is 17.2 Å². The van der Waals surface area contributed by atoms with E-state index >= 15 is 0 Å². The first-order chi connectivity index (χ1) is 21.1. The van der Waals surface area contributed by atoms with Gasteiger partial charge in [0.15, 0.2) is 6.54 Å². The molecule has 0 heterocycles. The maximum absolute atomic E-state index is 3.87. The molecule has 0 spiro atoms. The van der Waals surface area contributed by atoms with E-state index < -0.39 is 0 Å². The van der Waals surface area contributed by atoms with E-state index in [1.165, 1.54) is 50.3 Å². The zero-order chi connectivity index (χ0) is 30.2. The predicted octanol–water partition coefficient (Wildman–Crippen LogP) is 7.62. The van der Waals surface area contributed by atoms with Crippen LogP contribution in [0.5, 0.6) is 0 Å².